The number of hydrogen-bond donors (Lipinski definition) is 0. The van der Waals surface area contributed by atoms with E-state index in [-0.39, 0.29) is 24.3 Å². The number of aromatic nitrogens is 1. The van der Waals surface area contributed by atoms with Crippen LogP contribution in [0.4, 0.5) is 37.0 Å². The molecule has 3 heterocycles. The molecular formula is C34H35F6N3O4. The van der Waals surface area contributed by atoms with Crippen LogP contribution in [-0.4, -0.2) is 54.9 Å². The Balaban J connectivity index is 1.36. The molecule has 0 bridgehead atoms. The molecule has 0 spiro atoms. The monoisotopic (exact) mass is 663 g/mol. The second-order valence-electron chi connectivity index (χ2n) is 12.3. The number of rotatable bonds is 11. The van der Waals surface area contributed by atoms with E-state index in [0.29, 0.717) is 41.6 Å². The minimum absolute atomic E-state index is 0.0604. The van der Waals surface area contributed by atoms with E-state index in [1.165, 1.54) is 4.90 Å². The van der Waals surface area contributed by atoms with Crippen molar-refractivity contribution in [2.24, 2.45) is 0 Å². The molecule has 6 rings (SSSR count). The molecule has 7 nitrogen and oxygen atoms in total. The lowest BCUT2D eigenvalue weighted by Gasteiger charge is -2.33. The molecule has 1 amide bonds. The molecular weight excluding hydrogens is 628 g/mol. The van der Waals surface area contributed by atoms with Crippen molar-refractivity contribution in [3.8, 4) is 16.9 Å². The third-order valence-corrected chi connectivity index (χ3v) is 8.76. The Bertz CT molecular complexity index is 1590. The highest BCUT2D eigenvalue weighted by atomic mass is 19.4. The van der Waals surface area contributed by atoms with E-state index in [0.717, 1.165) is 56.3 Å². The topological polar surface area (TPSA) is 64.1 Å². The summed E-state index contributed by atoms with van der Waals surface area (Å²) in [5.74, 6) is 1.38. The van der Waals surface area contributed by atoms with Gasteiger partial charge in [-0.2, -0.15) is 26.3 Å². The van der Waals surface area contributed by atoms with Crippen molar-refractivity contribution in [2.45, 2.75) is 76.2 Å². The quantitative estimate of drug-likeness (QED) is 0.152. The minimum Gasteiger partial charge on any atom is -0.490 e. The maximum atomic E-state index is 13.6. The summed E-state index contributed by atoms with van der Waals surface area (Å²) in [6.45, 7) is 3.69. The first kappa shape index (κ1) is 32.9. The van der Waals surface area contributed by atoms with Gasteiger partial charge in [-0.1, -0.05) is 6.07 Å². The van der Waals surface area contributed by atoms with Crippen LogP contribution in [0, 0.1) is 0 Å². The predicted octanol–water partition coefficient (Wildman–Crippen LogP) is 8.20. The fourth-order valence-corrected chi connectivity index (χ4v) is 5.87. The highest BCUT2D eigenvalue weighted by Gasteiger charge is 2.43. The van der Waals surface area contributed by atoms with E-state index in [2.05, 4.69) is 4.90 Å². The van der Waals surface area contributed by atoms with Crippen LogP contribution >= 0.6 is 0 Å². The van der Waals surface area contributed by atoms with Gasteiger partial charge in [-0.15, -0.1) is 0 Å². The smallest absolute Gasteiger partial charge is 0.416 e. The zero-order valence-corrected chi connectivity index (χ0v) is 26.0. The largest absolute Gasteiger partial charge is 0.490 e. The Morgan fingerprint density at radius 1 is 0.936 bits per heavy atom. The molecule has 2 unspecified atom stereocenters. The molecule has 3 aromatic rings. The number of anilines is 1. The fourth-order valence-electron chi connectivity index (χ4n) is 5.87. The van der Waals surface area contributed by atoms with Crippen molar-refractivity contribution in [2.75, 3.05) is 31.7 Å². The third-order valence-electron chi connectivity index (χ3n) is 8.76. The Labute approximate surface area is 268 Å². The average Bonchev–Trinajstić information content (AvgIpc) is 3.76. The van der Waals surface area contributed by atoms with Crippen LogP contribution in [0.3, 0.4) is 0 Å². The van der Waals surface area contributed by atoms with E-state index in [4.69, 9.17) is 19.2 Å². The standard InChI is InChI=1S/C34H35F6N3O4/c1-20-31(22-16-23(33(35,36)37)18-24(17-22)34(38,39)40)47-32(44)43(20)19-28-26(9-11-30(41-28)42-12-4-13-42)27-15-21(5-3-14-45-2)6-10-29(27)46-25-7-8-25/h6,9-11,15-18,20,25,31H,3-5,7-8,12-14,19H2,1-2H3. The van der Waals surface area contributed by atoms with Crippen LogP contribution in [0.15, 0.2) is 48.5 Å². The van der Waals surface area contributed by atoms with Crippen molar-refractivity contribution in [3.63, 3.8) is 0 Å². The second-order valence-corrected chi connectivity index (χ2v) is 12.3. The lowest BCUT2D eigenvalue weighted by molar-refractivity contribution is -0.143. The summed E-state index contributed by atoms with van der Waals surface area (Å²) in [6.07, 6.45) is -7.73. The number of amides is 1. The van der Waals surface area contributed by atoms with E-state index < -0.39 is 41.7 Å². The summed E-state index contributed by atoms with van der Waals surface area (Å²) in [6, 6.07) is 10.2. The van der Waals surface area contributed by atoms with Gasteiger partial charge in [0.15, 0.2) is 0 Å². The van der Waals surface area contributed by atoms with E-state index in [9.17, 15) is 31.1 Å². The van der Waals surface area contributed by atoms with Crippen LogP contribution in [0.2, 0.25) is 0 Å². The third kappa shape index (κ3) is 7.29. The van der Waals surface area contributed by atoms with Gasteiger partial charge in [0.1, 0.15) is 17.7 Å². The number of pyridine rings is 1. The summed E-state index contributed by atoms with van der Waals surface area (Å²) < 4.78 is 98.7. The van der Waals surface area contributed by atoms with Crippen molar-refractivity contribution in [1.82, 2.24) is 9.88 Å². The van der Waals surface area contributed by atoms with Gasteiger partial charge in [0, 0.05) is 37.9 Å². The van der Waals surface area contributed by atoms with Gasteiger partial charge in [0.25, 0.3) is 0 Å². The van der Waals surface area contributed by atoms with Gasteiger partial charge in [0.2, 0.25) is 0 Å². The summed E-state index contributed by atoms with van der Waals surface area (Å²) >= 11 is 0. The number of alkyl halides is 6. The SMILES string of the molecule is COCCCc1ccc(OC2CC2)c(-c2ccc(N3CCC3)nc2CN2C(=O)OC(c3cc(C(F)(F)F)cc(C(F)(F)F)c3)C2C)c1. The van der Waals surface area contributed by atoms with E-state index in [1.54, 1.807) is 14.0 Å². The molecule has 2 aliphatic heterocycles. The van der Waals surface area contributed by atoms with Gasteiger partial charge >= 0.3 is 18.4 Å². The molecule has 2 atom stereocenters. The normalized spacial score (nSPS) is 20.0. The first-order chi connectivity index (χ1) is 22.3. The van der Waals surface area contributed by atoms with Crippen LogP contribution in [0.1, 0.15) is 66.7 Å². The van der Waals surface area contributed by atoms with Crippen molar-refractivity contribution < 1.29 is 45.3 Å². The predicted molar refractivity (Wildman–Crippen MR) is 161 cm³/mol. The summed E-state index contributed by atoms with van der Waals surface area (Å²) in [4.78, 5) is 21.6. The number of cyclic esters (lactones) is 1. The summed E-state index contributed by atoms with van der Waals surface area (Å²) in [7, 11) is 1.65. The highest BCUT2D eigenvalue weighted by molar-refractivity contribution is 5.76. The van der Waals surface area contributed by atoms with Crippen LogP contribution < -0.4 is 9.64 Å². The first-order valence-corrected chi connectivity index (χ1v) is 15.6. The number of ether oxygens (including phenoxy) is 3. The van der Waals surface area contributed by atoms with Gasteiger partial charge in [0.05, 0.1) is 35.5 Å². The van der Waals surface area contributed by atoms with Crippen molar-refractivity contribution in [1.29, 1.82) is 0 Å². The van der Waals surface area contributed by atoms with Gasteiger partial charge < -0.3 is 19.1 Å². The molecule has 1 aromatic heterocycles. The molecule has 1 saturated carbocycles. The van der Waals surface area contributed by atoms with Crippen LogP contribution in [0.5, 0.6) is 5.75 Å². The number of halogens is 6. The number of nitrogens with zero attached hydrogens (tertiary/aromatic N) is 3. The molecule has 47 heavy (non-hydrogen) atoms. The van der Waals surface area contributed by atoms with Gasteiger partial charge in [-0.05, 0) is 92.6 Å². The van der Waals surface area contributed by atoms with E-state index >= 15 is 0 Å². The number of carbonyl (C=O) groups is 1. The van der Waals surface area contributed by atoms with Crippen molar-refractivity contribution in [3.05, 3.63) is 76.5 Å². The fraction of sp³-hybridized carbons (Fsp3) is 0.471. The molecule has 2 saturated heterocycles. The number of carbonyl (C=O) groups excluding carboxylic acids is 1. The molecule has 2 aromatic carbocycles. The number of hydrogen-bond acceptors (Lipinski definition) is 6. The maximum Gasteiger partial charge on any atom is 0.416 e. The Kier molecular flexibility index (Phi) is 9.03. The highest BCUT2D eigenvalue weighted by Crippen LogP contribution is 2.43. The van der Waals surface area contributed by atoms with Gasteiger partial charge in [-0.3, -0.25) is 4.90 Å². The lowest BCUT2D eigenvalue weighted by atomic mass is 9.96. The van der Waals surface area contributed by atoms with Gasteiger partial charge in [-0.25, -0.2) is 9.78 Å². The van der Waals surface area contributed by atoms with Crippen LogP contribution in [-0.2, 0) is 34.8 Å². The van der Waals surface area contributed by atoms with Crippen molar-refractivity contribution >= 4 is 11.9 Å². The zero-order valence-electron chi connectivity index (χ0n) is 26.0. The zero-order chi connectivity index (χ0) is 33.5. The summed E-state index contributed by atoms with van der Waals surface area (Å²) in [5, 5.41) is 0. The number of methoxy groups -OCH3 is 1. The lowest BCUT2D eigenvalue weighted by Crippen LogP contribution is -2.38. The number of aryl methyl sites for hydroxylation is 1. The molecule has 0 radical (unpaired) electrons. The Morgan fingerprint density at radius 2 is 1.64 bits per heavy atom. The molecule has 1 aliphatic carbocycles. The molecule has 252 valence electrons. The minimum atomic E-state index is -5.03. The number of benzene rings is 2. The first-order valence-electron chi connectivity index (χ1n) is 15.6. The average molecular weight is 664 g/mol. The molecule has 3 fully saturated rings. The maximum absolute atomic E-state index is 13.6. The molecule has 13 heteroatoms. The molecule has 3 aliphatic rings. The Morgan fingerprint density at radius 3 is 2.23 bits per heavy atom. The second kappa shape index (κ2) is 12.9. The van der Waals surface area contributed by atoms with Crippen LogP contribution in [0.25, 0.3) is 11.1 Å². The van der Waals surface area contributed by atoms with E-state index in [1.807, 2.05) is 30.3 Å². The summed E-state index contributed by atoms with van der Waals surface area (Å²) in [5.41, 5.74) is -0.269. The Hall–Kier alpha value is -4.00. The molecule has 0 N–H and O–H groups in total.